The zero-order valence-electron chi connectivity index (χ0n) is 15.2. The molecule has 0 bridgehead atoms. The van der Waals surface area contributed by atoms with E-state index in [1.54, 1.807) is 42.5 Å². The maximum atomic E-state index is 13.3. The summed E-state index contributed by atoms with van der Waals surface area (Å²) in [5.41, 5.74) is 5.26. The first kappa shape index (κ1) is 18.3. The molecular formula is C23H16FN3O2. The number of hydrazone groups is 1. The number of phenolic OH excluding ortho intramolecular Hbond substituents is 1. The summed E-state index contributed by atoms with van der Waals surface area (Å²) in [5, 5.41) is 14.4. The van der Waals surface area contributed by atoms with Gasteiger partial charge in [-0.25, -0.2) is 14.8 Å². The molecule has 1 aromatic heterocycles. The van der Waals surface area contributed by atoms with Crippen LogP contribution in [-0.4, -0.2) is 22.2 Å². The minimum absolute atomic E-state index is 0.0680. The average molecular weight is 385 g/mol. The predicted molar refractivity (Wildman–Crippen MR) is 110 cm³/mol. The number of fused-ring (bicyclic) bond motifs is 1. The van der Waals surface area contributed by atoms with Crippen LogP contribution >= 0.6 is 0 Å². The second kappa shape index (κ2) is 7.90. The van der Waals surface area contributed by atoms with Crippen LogP contribution in [0, 0.1) is 5.82 Å². The Morgan fingerprint density at radius 1 is 1.00 bits per heavy atom. The van der Waals surface area contributed by atoms with E-state index in [9.17, 15) is 14.3 Å². The maximum Gasteiger partial charge on any atom is 0.272 e. The summed E-state index contributed by atoms with van der Waals surface area (Å²) < 4.78 is 13.3. The van der Waals surface area contributed by atoms with E-state index in [1.807, 2.05) is 18.2 Å². The number of aromatic hydroxyl groups is 1. The highest BCUT2D eigenvalue weighted by Crippen LogP contribution is 2.25. The van der Waals surface area contributed by atoms with Gasteiger partial charge in [-0.15, -0.1) is 0 Å². The molecular weight excluding hydrogens is 369 g/mol. The average Bonchev–Trinajstić information content (AvgIpc) is 2.74. The number of rotatable bonds is 4. The summed E-state index contributed by atoms with van der Waals surface area (Å²) in [4.78, 5) is 17.4. The number of aromatic nitrogens is 1. The number of amides is 1. The third-order valence-electron chi connectivity index (χ3n) is 4.41. The Balaban J connectivity index is 1.69. The van der Waals surface area contributed by atoms with Crippen molar-refractivity contribution in [3.05, 3.63) is 95.8 Å². The molecule has 2 N–H and O–H groups in total. The van der Waals surface area contributed by atoms with Crippen LogP contribution in [0.2, 0.25) is 0 Å². The molecule has 0 aliphatic heterocycles. The molecule has 142 valence electrons. The summed E-state index contributed by atoms with van der Waals surface area (Å²) in [7, 11) is 0. The van der Waals surface area contributed by atoms with Gasteiger partial charge >= 0.3 is 0 Å². The van der Waals surface area contributed by atoms with Crippen LogP contribution in [0.3, 0.4) is 0 Å². The molecule has 4 aromatic rings. The number of benzene rings is 3. The number of para-hydroxylation sites is 2. The van der Waals surface area contributed by atoms with Crippen molar-refractivity contribution in [3.8, 4) is 17.0 Å². The number of phenols is 1. The number of hydrogen-bond donors (Lipinski definition) is 2. The molecule has 29 heavy (non-hydrogen) atoms. The van der Waals surface area contributed by atoms with Gasteiger partial charge in [0.05, 0.1) is 23.0 Å². The van der Waals surface area contributed by atoms with Gasteiger partial charge in [0.2, 0.25) is 0 Å². The van der Waals surface area contributed by atoms with Crippen molar-refractivity contribution in [2.75, 3.05) is 0 Å². The van der Waals surface area contributed by atoms with Gasteiger partial charge in [-0.1, -0.05) is 30.3 Å². The lowest BCUT2D eigenvalue weighted by Crippen LogP contribution is -2.18. The summed E-state index contributed by atoms with van der Waals surface area (Å²) in [5.74, 6) is -0.692. The van der Waals surface area contributed by atoms with E-state index in [0.717, 1.165) is 0 Å². The Hall–Kier alpha value is -4.06. The van der Waals surface area contributed by atoms with E-state index in [0.29, 0.717) is 33.3 Å². The molecule has 0 spiro atoms. The zero-order chi connectivity index (χ0) is 20.2. The number of hydrogen-bond acceptors (Lipinski definition) is 4. The Kier molecular flexibility index (Phi) is 4.99. The van der Waals surface area contributed by atoms with Gasteiger partial charge in [-0.3, -0.25) is 4.79 Å². The fourth-order valence-corrected chi connectivity index (χ4v) is 2.95. The van der Waals surface area contributed by atoms with Crippen LogP contribution in [-0.2, 0) is 0 Å². The van der Waals surface area contributed by atoms with Crippen molar-refractivity contribution in [2.45, 2.75) is 0 Å². The largest absolute Gasteiger partial charge is 0.507 e. The van der Waals surface area contributed by atoms with Gasteiger partial charge in [-0.2, -0.15) is 5.10 Å². The van der Waals surface area contributed by atoms with Crippen LogP contribution < -0.4 is 5.43 Å². The van der Waals surface area contributed by atoms with Crippen molar-refractivity contribution in [2.24, 2.45) is 5.10 Å². The molecule has 0 radical (unpaired) electrons. The lowest BCUT2D eigenvalue weighted by molar-refractivity contribution is 0.0956. The van der Waals surface area contributed by atoms with Crippen LogP contribution in [0.4, 0.5) is 4.39 Å². The molecule has 0 atom stereocenters. The SMILES string of the molecule is O=C(NN=Cc1ccccc1O)c1cc(-c2ccc(F)cc2)nc2ccccc12. The van der Waals surface area contributed by atoms with Crippen LogP contribution in [0.25, 0.3) is 22.2 Å². The van der Waals surface area contributed by atoms with Crippen molar-refractivity contribution < 1.29 is 14.3 Å². The van der Waals surface area contributed by atoms with Gasteiger partial charge in [0.15, 0.2) is 0 Å². The predicted octanol–water partition coefficient (Wildman–Crippen LogP) is 4.51. The normalized spacial score (nSPS) is 11.1. The first-order valence-corrected chi connectivity index (χ1v) is 8.89. The fraction of sp³-hybridized carbons (Fsp3) is 0. The molecule has 3 aromatic carbocycles. The molecule has 0 aliphatic rings. The molecule has 0 aliphatic carbocycles. The summed E-state index contributed by atoms with van der Waals surface area (Å²) in [6.45, 7) is 0. The minimum Gasteiger partial charge on any atom is -0.507 e. The summed E-state index contributed by atoms with van der Waals surface area (Å²) in [6.07, 6.45) is 1.37. The Morgan fingerprint density at radius 2 is 1.72 bits per heavy atom. The third kappa shape index (κ3) is 3.96. The Morgan fingerprint density at radius 3 is 2.52 bits per heavy atom. The number of nitrogens with one attached hydrogen (secondary N) is 1. The second-order valence-corrected chi connectivity index (χ2v) is 6.34. The molecule has 5 nitrogen and oxygen atoms in total. The van der Waals surface area contributed by atoms with Crippen LogP contribution in [0.15, 0.2) is 84.0 Å². The van der Waals surface area contributed by atoms with E-state index in [4.69, 9.17) is 0 Å². The highest BCUT2D eigenvalue weighted by Gasteiger charge is 2.13. The first-order chi connectivity index (χ1) is 14.1. The Bertz CT molecular complexity index is 1220. The summed E-state index contributed by atoms with van der Waals surface area (Å²) >= 11 is 0. The molecule has 1 heterocycles. The van der Waals surface area contributed by atoms with Gasteiger partial charge in [0.1, 0.15) is 11.6 Å². The van der Waals surface area contributed by atoms with Crippen LogP contribution in [0.1, 0.15) is 15.9 Å². The van der Waals surface area contributed by atoms with Crippen molar-refractivity contribution in [1.82, 2.24) is 10.4 Å². The number of carbonyl (C=O) groups is 1. The molecule has 0 fully saturated rings. The van der Waals surface area contributed by atoms with Gasteiger partial charge < -0.3 is 5.11 Å². The smallest absolute Gasteiger partial charge is 0.272 e. The van der Waals surface area contributed by atoms with Crippen LogP contribution in [0.5, 0.6) is 5.75 Å². The lowest BCUT2D eigenvalue weighted by Gasteiger charge is -2.09. The number of nitrogens with zero attached hydrogens (tertiary/aromatic N) is 2. The molecule has 0 unspecified atom stereocenters. The van der Waals surface area contributed by atoms with E-state index in [2.05, 4.69) is 15.5 Å². The maximum absolute atomic E-state index is 13.3. The molecule has 4 rings (SSSR count). The van der Waals surface area contributed by atoms with Gasteiger partial charge in [-0.05, 0) is 48.5 Å². The number of pyridine rings is 1. The van der Waals surface area contributed by atoms with Crippen molar-refractivity contribution in [1.29, 1.82) is 0 Å². The number of halogens is 1. The topological polar surface area (TPSA) is 74.6 Å². The molecule has 1 amide bonds. The van der Waals surface area contributed by atoms with Crippen molar-refractivity contribution in [3.63, 3.8) is 0 Å². The highest BCUT2D eigenvalue weighted by atomic mass is 19.1. The van der Waals surface area contributed by atoms with E-state index < -0.39 is 5.91 Å². The highest BCUT2D eigenvalue weighted by molar-refractivity contribution is 6.07. The Labute approximate surface area is 166 Å². The molecule has 0 saturated carbocycles. The third-order valence-corrected chi connectivity index (χ3v) is 4.41. The molecule has 0 saturated heterocycles. The minimum atomic E-state index is -0.418. The second-order valence-electron chi connectivity index (χ2n) is 6.34. The lowest BCUT2D eigenvalue weighted by atomic mass is 10.0. The zero-order valence-corrected chi connectivity index (χ0v) is 15.2. The van der Waals surface area contributed by atoms with Gasteiger partial charge in [0.25, 0.3) is 5.91 Å². The molecule has 6 heteroatoms. The monoisotopic (exact) mass is 385 g/mol. The van der Waals surface area contributed by atoms with Crippen molar-refractivity contribution >= 4 is 23.0 Å². The van der Waals surface area contributed by atoms with E-state index in [-0.39, 0.29) is 11.6 Å². The summed E-state index contributed by atoms with van der Waals surface area (Å²) in [6, 6.07) is 21.5. The van der Waals surface area contributed by atoms with E-state index >= 15 is 0 Å². The van der Waals surface area contributed by atoms with E-state index in [1.165, 1.54) is 24.4 Å². The quantitative estimate of drug-likeness (QED) is 0.401. The fourth-order valence-electron chi connectivity index (χ4n) is 2.95. The van der Waals surface area contributed by atoms with Gasteiger partial charge in [0, 0.05) is 16.5 Å². The number of carbonyl (C=O) groups excluding carboxylic acids is 1. The first-order valence-electron chi connectivity index (χ1n) is 8.89. The standard InChI is InChI=1S/C23H16FN3O2/c24-17-11-9-15(10-12-17)21-13-19(18-6-2-3-7-20(18)26-21)23(29)27-25-14-16-5-1-4-8-22(16)28/h1-14,28H,(H,27,29).